The molecule has 1 atom stereocenters. The first kappa shape index (κ1) is 15.8. The van der Waals surface area contributed by atoms with Crippen molar-refractivity contribution in [2.45, 2.75) is 43.4 Å². The molecule has 0 aliphatic rings. The van der Waals surface area contributed by atoms with Crippen molar-refractivity contribution in [2.75, 3.05) is 0 Å². The summed E-state index contributed by atoms with van der Waals surface area (Å²) in [7, 11) is 1.22. The van der Waals surface area contributed by atoms with E-state index in [2.05, 4.69) is 15.5 Å². The molecular weight excluding hydrogens is 281 g/mol. The summed E-state index contributed by atoms with van der Waals surface area (Å²) in [6, 6.07) is -0.0271. The van der Waals surface area contributed by atoms with Crippen LogP contribution in [0.2, 0.25) is 0 Å². The van der Waals surface area contributed by atoms with E-state index in [0.29, 0.717) is 0 Å². The molecule has 0 bridgehead atoms. The van der Waals surface area contributed by atoms with Crippen LogP contribution in [0.4, 0.5) is 13.2 Å². The van der Waals surface area contributed by atoms with Gasteiger partial charge in [0, 0.05) is 13.1 Å². The molecule has 1 unspecified atom stereocenters. The predicted molar refractivity (Wildman–Crippen MR) is 64.6 cm³/mol. The minimum absolute atomic E-state index is 0.0271. The lowest BCUT2D eigenvalue weighted by molar-refractivity contribution is -0.147. The Hall–Kier alpha value is -1.25. The van der Waals surface area contributed by atoms with Gasteiger partial charge in [0.15, 0.2) is 5.16 Å². The van der Waals surface area contributed by atoms with E-state index in [1.54, 1.807) is 20.8 Å². The summed E-state index contributed by atoms with van der Waals surface area (Å²) < 4.78 is 38.4. The summed E-state index contributed by atoms with van der Waals surface area (Å²) in [5.41, 5.74) is 0. The van der Waals surface area contributed by atoms with Gasteiger partial charge in [0.1, 0.15) is 0 Å². The monoisotopic (exact) mass is 296 g/mol. The largest absolute Gasteiger partial charge is 0.451 e. The first-order valence-corrected chi connectivity index (χ1v) is 6.44. The van der Waals surface area contributed by atoms with Crippen LogP contribution in [0.3, 0.4) is 0 Å². The maximum absolute atomic E-state index is 12.5. The SMILES string of the molecule is CC(C)NC(=O)C(C)Sc1nnc(C(F)(F)F)n1C. The zero-order valence-electron chi connectivity index (χ0n) is 10.9. The third kappa shape index (κ3) is 4.12. The molecule has 1 heterocycles. The summed E-state index contributed by atoms with van der Waals surface area (Å²) in [4.78, 5) is 11.7. The summed E-state index contributed by atoms with van der Waals surface area (Å²) in [6.45, 7) is 5.21. The number of amides is 1. The fourth-order valence-corrected chi connectivity index (χ4v) is 2.10. The molecule has 108 valence electrons. The number of nitrogens with one attached hydrogen (secondary N) is 1. The van der Waals surface area contributed by atoms with E-state index >= 15 is 0 Å². The number of alkyl halides is 3. The standard InChI is InChI=1S/C10H15F3N4OS/c1-5(2)14-7(18)6(3)19-9-16-15-8(17(9)4)10(11,12)13/h5-6H,1-4H3,(H,14,18). The van der Waals surface area contributed by atoms with Crippen LogP contribution in [0.5, 0.6) is 0 Å². The highest BCUT2D eigenvalue weighted by Crippen LogP contribution is 2.30. The molecule has 5 nitrogen and oxygen atoms in total. The summed E-state index contributed by atoms with van der Waals surface area (Å²) >= 11 is 0.935. The van der Waals surface area contributed by atoms with E-state index in [9.17, 15) is 18.0 Å². The average molecular weight is 296 g/mol. The van der Waals surface area contributed by atoms with Crippen molar-refractivity contribution in [3.63, 3.8) is 0 Å². The summed E-state index contributed by atoms with van der Waals surface area (Å²) in [5, 5.41) is 8.74. The fourth-order valence-electron chi connectivity index (χ4n) is 1.28. The first-order chi connectivity index (χ1) is 8.62. The van der Waals surface area contributed by atoms with E-state index in [1.807, 2.05) is 0 Å². The highest BCUT2D eigenvalue weighted by molar-refractivity contribution is 8.00. The summed E-state index contributed by atoms with van der Waals surface area (Å²) in [6.07, 6.45) is -4.55. The molecule has 0 saturated heterocycles. The molecule has 1 aromatic heterocycles. The van der Waals surface area contributed by atoms with Gasteiger partial charge in [0.25, 0.3) is 0 Å². The van der Waals surface area contributed by atoms with Crippen molar-refractivity contribution in [1.82, 2.24) is 20.1 Å². The van der Waals surface area contributed by atoms with Gasteiger partial charge < -0.3 is 9.88 Å². The first-order valence-electron chi connectivity index (χ1n) is 5.56. The minimum atomic E-state index is -4.55. The summed E-state index contributed by atoms with van der Waals surface area (Å²) in [5.74, 6) is -1.33. The van der Waals surface area contributed by atoms with Crippen molar-refractivity contribution in [2.24, 2.45) is 7.05 Å². The highest BCUT2D eigenvalue weighted by Gasteiger charge is 2.37. The quantitative estimate of drug-likeness (QED) is 0.861. The number of carbonyl (C=O) groups excluding carboxylic acids is 1. The Morgan fingerprint density at radius 1 is 1.32 bits per heavy atom. The second-order valence-electron chi connectivity index (χ2n) is 4.29. The molecule has 0 spiro atoms. The Balaban J connectivity index is 2.78. The van der Waals surface area contributed by atoms with Gasteiger partial charge in [0.2, 0.25) is 11.7 Å². The average Bonchev–Trinajstić information content (AvgIpc) is 2.58. The molecule has 0 aliphatic heterocycles. The maximum atomic E-state index is 12.5. The van der Waals surface area contributed by atoms with Crippen LogP contribution < -0.4 is 5.32 Å². The normalized spacial score (nSPS) is 13.7. The van der Waals surface area contributed by atoms with Crippen molar-refractivity contribution < 1.29 is 18.0 Å². The number of hydrogen-bond donors (Lipinski definition) is 1. The molecule has 1 aromatic rings. The van der Waals surface area contributed by atoms with E-state index < -0.39 is 17.3 Å². The molecule has 19 heavy (non-hydrogen) atoms. The van der Waals surface area contributed by atoms with E-state index in [0.717, 1.165) is 16.3 Å². The number of rotatable bonds is 4. The van der Waals surface area contributed by atoms with Crippen molar-refractivity contribution in [1.29, 1.82) is 0 Å². The number of halogens is 3. The lowest BCUT2D eigenvalue weighted by atomic mass is 10.3. The van der Waals surface area contributed by atoms with Crippen LogP contribution in [0.15, 0.2) is 5.16 Å². The maximum Gasteiger partial charge on any atom is 0.451 e. The number of nitrogens with zero attached hydrogens (tertiary/aromatic N) is 3. The Morgan fingerprint density at radius 3 is 2.32 bits per heavy atom. The van der Waals surface area contributed by atoms with Gasteiger partial charge in [-0.15, -0.1) is 10.2 Å². The lowest BCUT2D eigenvalue weighted by Gasteiger charge is -2.13. The van der Waals surface area contributed by atoms with Crippen LogP contribution in [0.25, 0.3) is 0 Å². The molecule has 0 aliphatic carbocycles. The molecule has 9 heteroatoms. The van der Waals surface area contributed by atoms with Gasteiger partial charge in [-0.05, 0) is 20.8 Å². The van der Waals surface area contributed by atoms with Crippen molar-refractivity contribution in [3.8, 4) is 0 Å². The molecule has 1 N–H and O–H groups in total. The van der Waals surface area contributed by atoms with Crippen LogP contribution in [0.1, 0.15) is 26.6 Å². The van der Waals surface area contributed by atoms with E-state index in [1.165, 1.54) is 7.05 Å². The molecule has 1 rings (SSSR count). The topological polar surface area (TPSA) is 59.8 Å². The highest BCUT2D eigenvalue weighted by atomic mass is 32.2. The van der Waals surface area contributed by atoms with Crippen LogP contribution in [-0.4, -0.2) is 32.0 Å². The number of thioether (sulfide) groups is 1. The molecule has 1 amide bonds. The third-order valence-electron chi connectivity index (χ3n) is 2.17. The Labute approximate surface area is 113 Å². The smallest absolute Gasteiger partial charge is 0.353 e. The zero-order valence-corrected chi connectivity index (χ0v) is 11.8. The van der Waals surface area contributed by atoms with Crippen molar-refractivity contribution >= 4 is 17.7 Å². The minimum Gasteiger partial charge on any atom is -0.353 e. The van der Waals surface area contributed by atoms with E-state index in [4.69, 9.17) is 0 Å². The Morgan fingerprint density at radius 2 is 1.89 bits per heavy atom. The number of carbonyl (C=O) groups is 1. The van der Waals surface area contributed by atoms with E-state index in [-0.39, 0.29) is 17.1 Å². The second kappa shape index (κ2) is 5.81. The van der Waals surface area contributed by atoms with Crippen LogP contribution in [-0.2, 0) is 18.0 Å². The molecule has 0 aromatic carbocycles. The molecular formula is C10H15F3N4OS. The lowest BCUT2D eigenvalue weighted by Crippen LogP contribution is -2.36. The van der Waals surface area contributed by atoms with Gasteiger partial charge in [-0.3, -0.25) is 4.79 Å². The van der Waals surface area contributed by atoms with Crippen LogP contribution >= 0.6 is 11.8 Å². The van der Waals surface area contributed by atoms with Gasteiger partial charge in [-0.1, -0.05) is 11.8 Å². The Kier molecular flexibility index (Phi) is 4.83. The predicted octanol–water partition coefficient (Wildman–Crippen LogP) is 1.84. The van der Waals surface area contributed by atoms with Gasteiger partial charge >= 0.3 is 6.18 Å². The Bertz CT molecular complexity index is 458. The number of aromatic nitrogens is 3. The molecule has 0 fully saturated rings. The molecule has 0 saturated carbocycles. The van der Waals surface area contributed by atoms with Gasteiger partial charge in [-0.2, -0.15) is 13.2 Å². The zero-order chi connectivity index (χ0) is 14.8. The number of hydrogen-bond acceptors (Lipinski definition) is 4. The van der Waals surface area contributed by atoms with Crippen molar-refractivity contribution in [3.05, 3.63) is 5.82 Å². The molecule has 0 radical (unpaired) electrons. The van der Waals surface area contributed by atoms with Crippen LogP contribution in [0, 0.1) is 0 Å². The van der Waals surface area contributed by atoms with Gasteiger partial charge in [-0.25, -0.2) is 0 Å². The van der Waals surface area contributed by atoms with Gasteiger partial charge in [0.05, 0.1) is 5.25 Å². The third-order valence-corrected chi connectivity index (χ3v) is 3.30. The second-order valence-corrected chi connectivity index (χ2v) is 5.59. The fraction of sp³-hybridized carbons (Fsp3) is 0.700.